The van der Waals surface area contributed by atoms with E-state index in [1.54, 1.807) is 11.4 Å². The van der Waals surface area contributed by atoms with Gasteiger partial charge in [-0.3, -0.25) is 5.41 Å². The maximum absolute atomic E-state index is 8.73. The maximum atomic E-state index is 8.73. The molecule has 1 aromatic heterocycles. The maximum Gasteiger partial charge on any atom is 0.123 e. The summed E-state index contributed by atoms with van der Waals surface area (Å²) in [5, 5.41) is 17.6. The number of hydrogen-bond donors (Lipinski definition) is 4. The number of aliphatic hydroxyl groups is 1. The molecule has 1 rings (SSSR count). The SMILES string of the molecule is Cl.N=C(N)c1csc([C@@H](N)CO)c1. The third-order valence-electron chi connectivity index (χ3n) is 1.49. The molecule has 1 aromatic rings. The van der Waals surface area contributed by atoms with Crippen LogP contribution in [0.2, 0.25) is 0 Å². The van der Waals surface area contributed by atoms with Crippen LogP contribution in [0.25, 0.3) is 0 Å². The van der Waals surface area contributed by atoms with Gasteiger partial charge < -0.3 is 16.6 Å². The highest BCUT2D eigenvalue weighted by Gasteiger charge is 2.08. The summed E-state index contributed by atoms with van der Waals surface area (Å²) in [7, 11) is 0. The Kier molecular flexibility index (Phi) is 4.94. The third kappa shape index (κ3) is 2.96. The molecule has 13 heavy (non-hydrogen) atoms. The van der Waals surface area contributed by atoms with E-state index >= 15 is 0 Å². The molecule has 0 saturated carbocycles. The highest BCUT2D eigenvalue weighted by atomic mass is 35.5. The quantitative estimate of drug-likeness (QED) is 0.441. The van der Waals surface area contributed by atoms with Crippen molar-refractivity contribution in [3.63, 3.8) is 0 Å². The van der Waals surface area contributed by atoms with Crippen molar-refractivity contribution in [1.29, 1.82) is 5.41 Å². The van der Waals surface area contributed by atoms with Crippen molar-refractivity contribution in [2.45, 2.75) is 6.04 Å². The molecule has 4 nitrogen and oxygen atoms in total. The van der Waals surface area contributed by atoms with Gasteiger partial charge in [-0.15, -0.1) is 23.7 Å². The van der Waals surface area contributed by atoms with E-state index in [1.807, 2.05) is 0 Å². The molecule has 0 amide bonds. The Morgan fingerprint density at radius 1 is 1.69 bits per heavy atom. The van der Waals surface area contributed by atoms with Gasteiger partial charge in [-0.05, 0) is 6.07 Å². The van der Waals surface area contributed by atoms with Crippen LogP contribution in [0.4, 0.5) is 0 Å². The van der Waals surface area contributed by atoms with Crippen molar-refractivity contribution < 1.29 is 5.11 Å². The van der Waals surface area contributed by atoms with Crippen molar-refractivity contribution >= 4 is 29.6 Å². The number of nitrogen functional groups attached to an aromatic ring is 1. The number of rotatable bonds is 3. The molecule has 0 aliphatic carbocycles. The summed E-state index contributed by atoms with van der Waals surface area (Å²) in [5.41, 5.74) is 11.5. The third-order valence-corrected chi connectivity index (χ3v) is 2.56. The summed E-state index contributed by atoms with van der Waals surface area (Å²) >= 11 is 1.40. The first-order valence-corrected chi connectivity index (χ1v) is 4.32. The first kappa shape index (κ1) is 12.4. The van der Waals surface area contributed by atoms with Gasteiger partial charge in [-0.2, -0.15) is 0 Å². The number of amidine groups is 1. The standard InChI is InChI=1S/C7H11N3OS.ClH/c8-5(2-11)6-1-4(3-12-6)7(9)10;/h1,3,5,11H,2,8H2,(H3,9,10);1H/t5-;/m0./s1. The predicted molar refractivity (Wildman–Crippen MR) is 56.6 cm³/mol. The molecule has 0 saturated heterocycles. The Balaban J connectivity index is 0.00000144. The lowest BCUT2D eigenvalue weighted by Crippen LogP contribution is -2.13. The fraction of sp³-hybridized carbons (Fsp3) is 0.286. The lowest BCUT2D eigenvalue weighted by molar-refractivity contribution is 0.269. The number of hydrogen-bond acceptors (Lipinski definition) is 4. The molecule has 6 heteroatoms. The van der Waals surface area contributed by atoms with Crippen LogP contribution >= 0.6 is 23.7 Å². The molecule has 0 fully saturated rings. The molecule has 74 valence electrons. The Bertz CT molecular complexity index is 289. The fourth-order valence-corrected chi connectivity index (χ4v) is 1.68. The summed E-state index contributed by atoms with van der Waals surface area (Å²) in [5.74, 6) is 0.0302. The second-order valence-corrected chi connectivity index (χ2v) is 3.38. The minimum absolute atomic E-state index is 0. The van der Waals surface area contributed by atoms with Gasteiger partial charge in [0.1, 0.15) is 5.84 Å². The molecule has 1 heterocycles. The average molecular weight is 222 g/mol. The summed E-state index contributed by atoms with van der Waals surface area (Å²) in [6.45, 7) is -0.0855. The molecular formula is C7H12ClN3OS. The zero-order chi connectivity index (χ0) is 9.14. The van der Waals surface area contributed by atoms with Crippen LogP contribution in [0.5, 0.6) is 0 Å². The van der Waals surface area contributed by atoms with Crippen molar-refractivity contribution in [2.24, 2.45) is 11.5 Å². The van der Waals surface area contributed by atoms with Crippen LogP contribution in [-0.2, 0) is 0 Å². The summed E-state index contributed by atoms with van der Waals surface area (Å²) in [6, 6.07) is 1.37. The summed E-state index contributed by atoms with van der Waals surface area (Å²) in [4.78, 5) is 0.850. The van der Waals surface area contributed by atoms with Crippen molar-refractivity contribution in [3.8, 4) is 0 Å². The molecule has 0 radical (unpaired) electrons. The number of nitrogens with two attached hydrogens (primary N) is 2. The largest absolute Gasteiger partial charge is 0.394 e. The summed E-state index contributed by atoms with van der Waals surface area (Å²) < 4.78 is 0. The van der Waals surface area contributed by atoms with E-state index in [9.17, 15) is 0 Å². The number of aliphatic hydroxyl groups excluding tert-OH is 1. The molecule has 0 aliphatic rings. The zero-order valence-corrected chi connectivity index (χ0v) is 8.49. The fourth-order valence-electron chi connectivity index (χ4n) is 0.778. The van der Waals surface area contributed by atoms with Crippen LogP contribution in [0.15, 0.2) is 11.4 Å². The Labute approximate surface area is 86.5 Å². The monoisotopic (exact) mass is 221 g/mol. The zero-order valence-electron chi connectivity index (χ0n) is 6.86. The van der Waals surface area contributed by atoms with Crippen molar-refractivity contribution in [2.75, 3.05) is 6.61 Å². The predicted octanol–water partition coefficient (Wildman–Crippen LogP) is 0.446. The molecule has 0 unspecified atom stereocenters. The first-order chi connectivity index (χ1) is 5.65. The first-order valence-electron chi connectivity index (χ1n) is 3.44. The second kappa shape index (κ2) is 5.18. The molecule has 0 bridgehead atoms. The average Bonchev–Trinajstić information content (AvgIpc) is 2.51. The Morgan fingerprint density at radius 2 is 2.31 bits per heavy atom. The van der Waals surface area contributed by atoms with E-state index in [-0.39, 0.29) is 30.9 Å². The normalized spacial score (nSPS) is 11.8. The number of halogens is 1. The van der Waals surface area contributed by atoms with Crippen LogP contribution in [-0.4, -0.2) is 17.5 Å². The van der Waals surface area contributed by atoms with Crippen LogP contribution in [0.3, 0.4) is 0 Å². The number of nitrogens with one attached hydrogen (secondary N) is 1. The van der Waals surface area contributed by atoms with E-state index in [2.05, 4.69) is 0 Å². The molecular weight excluding hydrogens is 210 g/mol. The van der Waals surface area contributed by atoms with Gasteiger partial charge in [-0.1, -0.05) is 0 Å². The van der Waals surface area contributed by atoms with Gasteiger partial charge >= 0.3 is 0 Å². The van der Waals surface area contributed by atoms with E-state index < -0.39 is 0 Å². The molecule has 0 aliphatic heterocycles. The van der Waals surface area contributed by atoms with E-state index in [0.29, 0.717) is 5.56 Å². The minimum atomic E-state index is -0.358. The van der Waals surface area contributed by atoms with Gasteiger partial charge in [-0.25, -0.2) is 0 Å². The van der Waals surface area contributed by atoms with E-state index in [0.717, 1.165) is 4.88 Å². The Morgan fingerprint density at radius 3 is 2.69 bits per heavy atom. The number of thiophene rings is 1. The highest BCUT2D eigenvalue weighted by molar-refractivity contribution is 7.10. The second-order valence-electron chi connectivity index (χ2n) is 2.44. The van der Waals surface area contributed by atoms with Crippen molar-refractivity contribution in [3.05, 3.63) is 21.9 Å². The van der Waals surface area contributed by atoms with Gasteiger partial charge in [0.05, 0.1) is 12.6 Å². The molecule has 1 atom stereocenters. The topological polar surface area (TPSA) is 96.1 Å². The van der Waals surface area contributed by atoms with Crippen LogP contribution < -0.4 is 11.5 Å². The smallest absolute Gasteiger partial charge is 0.123 e. The lowest BCUT2D eigenvalue weighted by Gasteiger charge is -2.02. The summed E-state index contributed by atoms with van der Waals surface area (Å²) in [6.07, 6.45) is 0. The molecule has 0 spiro atoms. The van der Waals surface area contributed by atoms with Gasteiger partial charge in [0.2, 0.25) is 0 Å². The van der Waals surface area contributed by atoms with Gasteiger partial charge in [0.25, 0.3) is 0 Å². The van der Waals surface area contributed by atoms with Crippen LogP contribution in [0, 0.1) is 5.41 Å². The lowest BCUT2D eigenvalue weighted by atomic mass is 10.2. The highest BCUT2D eigenvalue weighted by Crippen LogP contribution is 2.19. The minimum Gasteiger partial charge on any atom is -0.394 e. The Hall–Kier alpha value is -0.620. The van der Waals surface area contributed by atoms with Gasteiger partial charge in [0.15, 0.2) is 0 Å². The van der Waals surface area contributed by atoms with Crippen LogP contribution in [0.1, 0.15) is 16.5 Å². The van der Waals surface area contributed by atoms with E-state index in [1.165, 1.54) is 11.3 Å². The van der Waals surface area contributed by atoms with E-state index in [4.69, 9.17) is 22.0 Å². The molecule has 6 N–H and O–H groups in total. The molecule has 0 aromatic carbocycles. The van der Waals surface area contributed by atoms with Gasteiger partial charge in [0, 0.05) is 15.8 Å². The van der Waals surface area contributed by atoms with Crippen molar-refractivity contribution in [1.82, 2.24) is 0 Å².